The number of amides is 1. The Morgan fingerprint density at radius 3 is 2.80 bits per heavy atom. The maximum Gasteiger partial charge on any atom is 0.274 e. The number of aromatic nitrogens is 1. The molecule has 0 bridgehead atoms. The average molecular weight is 295 g/mol. The predicted molar refractivity (Wildman–Crippen MR) is 79.8 cm³/mol. The molecule has 0 saturated carbocycles. The summed E-state index contributed by atoms with van der Waals surface area (Å²) in [6.07, 6.45) is 0.286. The number of nitrogens with one attached hydrogen (secondary N) is 1. The van der Waals surface area contributed by atoms with Gasteiger partial charge >= 0.3 is 0 Å². The van der Waals surface area contributed by atoms with Crippen LogP contribution >= 0.6 is 11.6 Å². The van der Waals surface area contributed by atoms with Gasteiger partial charge in [0.1, 0.15) is 11.5 Å². The van der Waals surface area contributed by atoms with Crippen molar-refractivity contribution < 1.29 is 4.79 Å². The van der Waals surface area contributed by atoms with Crippen LogP contribution in [0.5, 0.6) is 0 Å². The number of halogens is 1. The van der Waals surface area contributed by atoms with Gasteiger partial charge in [0.25, 0.3) is 5.91 Å². The van der Waals surface area contributed by atoms with E-state index >= 15 is 0 Å². The minimum atomic E-state index is -0.250. The van der Waals surface area contributed by atoms with Crippen molar-refractivity contribution in [3.05, 3.63) is 22.8 Å². The maximum absolute atomic E-state index is 12.5. The van der Waals surface area contributed by atoms with E-state index in [1.54, 1.807) is 17.0 Å². The Morgan fingerprint density at radius 1 is 1.55 bits per heavy atom. The van der Waals surface area contributed by atoms with Crippen molar-refractivity contribution in [2.24, 2.45) is 0 Å². The fraction of sp³-hybridized carbons (Fsp3) is 0.500. The fourth-order valence-electron chi connectivity index (χ4n) is 1.77. The van der Waals surface area contributed by atoms with Crippen molar-refractivity contribution >= 4 is 23.3 Å². The molecule has 0 aliphatic carbocycles. The number of rotatable bonds is 6. The molecule has 6 heteroatoms. The summed E-state index contributed by atoms with van der Waals surface area (Å²) >= 11 is 6.07. The first kappa shape index (κ1) is 16.3. The van der Waals surface area contributed by atoms with Crippen LogP contribution in [0.4, 0.5) is 5.82 Å². The van der Waals surface area contributed by atoms with Crippen molar-refractivity contribution in [1.29, 1.82) is 5.26 Å². The van der Waals surface area contributed by atoms with Crippen LogP contribution in [0.1, 0.15) is 37.7 Å². The third-order valence-corrected chi connectivity index (χ3v) is 3.06. The number of nitrogens with zero attached hydrogens (tertiary/aromatic N) is 3. The molecule has 5 nitrogen and oxygen atoms in total. The van der Waals surface area contributed by atoms with Crippen molar-refractivity contribution in [2.45, 2.75) is 33.2 Å². The van der Waals surface area contributed by atoms with Crippen LogP contribution < -0.4 is 5.32 Å². The van der Waals surface area contributed by atoms with Crippen LogP contribution in [-0.4, -0.2) is 34.9 Å². The number of hydrogen-bond acceptors (Lipinski definition) is 4. The molecule has 1 heterocycles. The van der Waals surface area contributed by atoms with Crippen LogP contribution in [0.25, 0.3) is 0 Å². The smallest absolute Gasteiger partial charge is 0.274 e. The largest absolute Gasteiger partial charge is 0.370 e. The molecule has 0 atom stereocenters. The molecule has 1 aromatic rings. The van der Waals surface area contributed by atoms with Gasteiger partial charge in [-0.3, -0.25) is 4.79 Å². The lowest BCUT2D eigenvalue weighted by atomic mass is 10.2. The summed E-state index contributed by atoms with van der Waals surface area (Å²) in [6, 6.07) is 5.42. The summed E-state index contributed by atoms with van der Waals surface area (Å²) in [5.74, 6) is 0.365. The van der Waals surface area contributed by atoms with Crippen LogP contribution in [0.15, 0.2) is 12.1 Å². The van der Waals surface area contributed by atoms with E-state index in [0.717, 1.165) is 0 Å². The van der Waals surface area contributed by atoms with Gasteiger partial charge in [0.05, 0.1) is 17.5 Å². The zero-order valence-electron chi connectivity index (χ0n) is 12.0. The Balaban J connectivity index is 3.04. The highest BCUT2D eigenvalue weighted by Crippen LogP contribution is 2.19. The standard InChI is InChI=1S/C14H19ClN4O/c1-4-17-12-7-6-11(15)13(18-12)14(20)19(10(2)3)9-5-8-16/h6-7,10H,4-5,9H2,1-3H3,(H,17,18). The Kier molecular flexibility index (Phi) is 6.26. The van der Waals surface area contributed by atoms with Crippen molar-refractivity contribution in [3.8, 4) is 6.07 Å². The third-order valence-electron chi connectivity index (χ3n) is 2.76. The van der Waals surface area contributed by atoms with E-state index in [2.05, 4.69) is 10.3 Å². The van der Waals surface area contributed by atoms with Gasteiger partial charge in [0.2, 0.25) is 0 Å². The lowest BCUT2D eigenvalue weighted by molar-refractivity contribution is 0.0704. The Hall–Kier alpha value is -1.80. The van der Waals surface area contributed by atoms with Crippen molar-refractivity contribution in [1.82, 2.24) is 9.88 Å². The summed E-state index contributed by atoms with van der Waals surface area (Å²) in [5, 5.41) is 12.0. The first-order chi connectivity index (χ1) is 9.51. The molecule has 1 rings (SSSR count). The van der Waals surface area contributed by atoms with Gasteiger partial charge in [0.15, 0.2) is 0 Å². The van der Waals surface area contributed by atoms with E-state index < -0.39 is 0 Å². The van der Waals surface area contributed by atoms with E-state index in [1.165, 1.54) is 0 Å². The monoisotopic (exact) mass is 294 g/mol. The van der Waals surface area contributed by atoms with Crippen LogP contribution in [0, 0.1) is 11.3 Å². The molecule has 0 aliphatic heterocycles. The highest BCUT2D eigenvalue weighted by atomic mass is 35.5. The number of carbonyl (C=O) groups is 1. The molecule has 1 aromatic heterocycles. The SMILES string of the molecule is CCNc1ccc(Cl)c(C(=O)N(CCC#N)C(C)C)n1. The molecule has 0 aromatic carbocycles. The molecule has 1 N–H and O–H groups in total. The molecule has 0 unspecified atom stereocenters. The number of pyridine rings is 1. The zero-order valence-corrected chi connectivity index (χ0v) is 12.7. The van der Waals surface area contributed by atoms with Gasteiger partial charge in [-0.1, -0.05) is 11.6 Å². The van der Waals surface area contributed by atoms with Gasteiger partial charge in [-0.15, -0.1) is 0 Å². The lowest BCUT2D eigenvalue weighted by Gasteiger charge is -2.25. The van der Waals surface area contributed by atoms with E-state index in [1.807, 2.05) is 26.8 Å². The number of anilines is 1. The molecule has 1 amide bonds. The number of nitriles is 1. The molecule has 0 fully saturated rings. The summed E-state index contributed by atoms with van der Waals surface area (Å²) in [4.78, 5) is 18.4. The second-order valence-corrected chi connectivity index (χ2v) is 4.96. The van der Waals surface area contributed by atoms with Crippen LogP contribution in [0.2, 0.25) is 5.02 Å². The lowest BCUT2D eigenvalue weighted by Crippen LogP contribution is -2.38. The van der Waals surface area contributed by atoms with Gasteiger partial charge in [0, 0.05) is 19.1 Å². The summed E-state index contributed by atoms with van der Waals surface area (Å²) in [6.45, 7) is 6.83. The third kappa shape index (κ3) is 4.10. The van der Waals surface area contributed by atoms with E-state index in [0.29, 0.717) is 23.9 Å². The molecule has 20 heavy (non-hydrogen) atoms. The molecular formula is C14H19ClN4O. The van der Waals surface area contributed by atoms with Crippen LogP contribution in [-0.2, 0) is 0 Å². The fourth-order valence-corrected chi connectivity index (χ4v) is 1.96. The Labute approximate surface area is 124 Å². The van der Waals surface area contributed by atoms with Crippen molar-refractivity contribution in [3.63, 3.8) is 0 Å². The van der Waals surface area contributed by atoms with Gasteiger partial charge < -0.3 is 10.2 Å². The van der Waals surface area contributed by atoms with Crippen molar-refractivity contribution in [2.75, 3.05) is 18.4 Å². The normalized spacial score (nSPS) is 10.2. The minimum absolute atomic E-state index is 0.0171. The Morgan fingerprint density at radius 2 is 2.25 bits per heavy atom. The van der Waals surface area contributed by atoms with Gasteiger partial charge in [-0.05, 0) is 32.9 Å². The Bertz CT molecular complexity index is 510. The summed E-state index contributed by atoms with van der Waals surface area (Å²) in [5.41, 5.74) is 0.219. The topological polar surface area (TPSA) is 69.0 Å². The minimum Gasteiger partial charge on any atom is -0.370 e. The predicted octanol–water partition coefficient (Wildman–Crippen LogP) is 2.93. The quantitative estimate of drug-likeness (QED) is 0.876. The van der Waals surface area contributed by atoms with E-state index in [-0.39, 0.29) is 24.1 Å². The number of hydrogen-bond donors (Lipinski definition) is 1. The highest BCUT2D eigenvalue weighted by molar-refractivity contribution is 6.33. The zero-order chi connectivity index (χ0) is 15.1. The molecule has 0 aliphatic rings. The van der Waals surface area contributed by atoms with Crippen LogP contribution in [0.3, 0.4) is 0 Å². The molecule has 0 spiro atoms. The summed E-state index contributed by atoms with van der Waals surface area (Å²) < 4.78 is 0. The average Bonchev–Trinajstić information content (AvgIpc) is 2.41. The molecule has 0 radical (unpaired) electrons. The molecule has 0 saturated heterocycles. The number of carbonyl (C=O) groups excluding carboxylic acids is 1. The first-order valence-electron chi connectivity index (χ1n) is 6.59. The maximum atomic E-state index is 12.5. The second-order valence-electron chi connectivity index (χ2n) is 4.56. The van der Waals surface area contributed by atoms with E-state index in [9.17, 15) is 4.79 Å². The van der Waals surface area contributed by atoms with Gasteiger partial charge in [-0.2, -0.15) is 5.26 Å². The molecular weight excluding hydrogens is 276 g/mol. The first-order valence-corrected chi connectivity index (χ1v) is 6.97. The van der Waals surface area contributed by atoms with Gasteiger partial charge in [-0.25, -0.2) is 4.98 Å². The molecule has 108 valence electrons. The van der Waals surface area contributed by atoms with E-state index in [4.69, 9.17) is 16.9 Å². The highest BCUT2D eigenvalue weighted by Gasteiger charge is 2.22. The summed E-state index contributed by atoms with van der Waals surface area (Å²) in [7, 11) is 0. The second kappa shape index (κ2) is 7.71.